The Morgan fingerprint density at radius 2 is 1.70 bits per heavy atom. The second kappa shape index (κ2) is 7.26. The van der Waals surface area contributed by atoms with Gasteiger partial charge in [-0.15, -0.1) is 0 Å². The number of hydrogen-bond acceptors (Lipinski definition) is 4. The third-order valence-corrected chi connectivity index (χ3v) is 9.42. The van der Waals surface area contributed by atoms with Gasteiger partial charge in [0.25, 0.3) is 5.91 Å². The van der Waals surface area contributed by atoms with E-state index in [0.717, 1.165) is 53.6 Å². The normalized spacial score (nSPS) is 28.6. The van der Waals surface area contributed by atoms with Gasteiger partial charge in [0.2, 0.25) is 5.72 Å². The van der Waals surface area contributed by atoms with Crippen LogP contribution in [0.3, 0.4) is 0 Å². The predicted molar refractivity (Wildman–Crippen MR) is 141 cm³/mol. The van der Waals surface area contributed by atoms with Crippen LogP contribution < -0.4 is 10.1 Å². The number of ether oxygens (including phenoxy) is 1. The van der Waals surface area contributed by atoms with E-state index in [4.69, 9.17) is 16.3 Å². The minimum Gasteiger partial charge on any atom is -0.462 e. The minimum atomic E-state index is -1.15. The van der Waals surface area contributed by atoms with Gasteiger partial charge in [0, 0.05) is 44.5 Å². The molecular formula is C31H25ClN2O3. The van der Waals surface area contributed by atoms with Crippen LogP contribution >= 0.6 is 11.6 Å². The first-order valence-corrected chi connectivity index (χ1v) is 13.5. The Hall–Kier alpha value is -3.57. The molecule has 6 heteroatoms. The maximum absolute atomic E-state index is 14.3. The van der Waals surface area contributed by atoms with E-state index >= 15 is 0 Å². The highest BCUT2D eigenvalue weighted by Gasteiger charge is 2.66. The van der Waals surface area contributed by atoms with Crippen LogP contribution in [-0.4, -0.2) is 28.7 Å². The molecule has 0 bridgehead atoms. The summed E-state index contributed by atoms with van der Waals surface area (Å²) in [7, 11) is 0. The Morgan fingerprint density at radius 3 is 2.54 bits per heavy atom. The Kier molecular flexibility index (Phi) is 4.22. The van der Waals surface area contributed by atoms with Crippen LogP contribution in [0.1, 0.15) is 74.6 Å². The number of nitrogens with one attached hydrogen (secondary N) is 1. The fraction of sp³-hybridized carbons (Fsp3) is 0.290. The monoisotopic (exact) mass is 508 g/mol. The zero-order valence-corrected chi connectivity index (χ0v) is 21.1. The van der Waals surface area contributed by atoms with E-state index in [2.05, 4.69) is 5.32 Å². The Balaban J connectivity index is 1.51. The number of amides is 1. The van der Waals surface area contributed by atoms with Crippen molar-refractivity contribution in [3.63, 3.8) is 0 Å². The van der Waals surface area contributed by atoms with Crippen LogP contribution in [0.15, 0.2) is 66.2 Å². The number of ketones is 1. The summed E-state index contributed by atoms with van der Waals surface area (Å²) in [4.78, 5) is 30.5. The predicted octanol–water partition coefficient (Wildman–Crippen LogP) is 5.96. The summed E-state index contributed by atoms with van der Waals surface area (Å²) in [5.41, 5.74) is 5.27. The molecule has 0 radical (unpaired) electrons. The molecule has 5 aliphatic rings. The van der Waals surface area contributed by atoms with E-state index in [-0.39, 0.29) is 23.8 Å². The summed E-state index contributed by atoms with van der Waals surface area (Å²) < 4.78 is 7.03. The highest BCUT2D eigenvalue weighted by atomic mass is 35.5. The van der Waals surface area contributed by atoms with Crippen molar-refractivity contribution >= 4 is 29.0 Å². The number of Topliss-reactive ketones (excluding diaryl/α,β-unsaturated/α-hetero) is 1. The first-order chi connectivity index (χ1) is 18.0. The van der Waals surface area contributed by atoms with Crippen LogP contribution in [0.4, 0.5) is 0 Å². The lowest BCUT2D eigenvalue weighted by molar-refractivity contribution is -0.0886. The molecule has 1 spiro atoms. The van der Waals surface area contributed by atoms with E-state index in [1.165, 1.54) is 0 Å². The zero-order valence-electron chi connectivity index (χ0n) is 20.4. The Labute approximate surface area is 220 Å². The average molecular weight is 509 g/mol. The summed E-state index contributed by atoms with van der Waals surface area (Å²) in [5, 5.41) is 4.43. The lowest BCUT2D eigenvalue weighted by Gasteiger charge is -2.49. The number of aryl methyl sites for hydroxylation is 1. The molecule has 3 aromatic carbocycles. The van der Waals surface area contributed by atoms with Crippen LogP contribution in [0.2, 0.25) is 5.02 Å². The fourth-order valence-corrected chi connectivity index (χ4v) is 7.64. The quantitative estimate of drug-likeness (QED) is 0.407. The van der Waals surface area contributed by atoms with E-state index in [0.29, 0.717) is 27.5 Å². The summed E-state index contributed by atoms with van der Waals surface area (Å²) in [6.07, 6.45) is 3.93. The van der Waals surface area contributed by atoms with Crippen molar-refractivity contribution in [2.45, 2.75) is 56.3 Å². The smallest absolute Gasteiger partial charge is 0.258 e. The number of rotatable bonds is 0. The van der Waals surface area contributed by atoms with Gasteiger partial charge in [0.1, 0.15) is 5.75 Å². The molecule has 37 heavy (non-hydrogen) atoms. The fourth-order valence-electron chi connectivity index (χ4n) is 7.47. The molecule has 2 aliphatic carbocycles. The van der Waals surface area contributed by atoms with Crippen LogP contribution in [0.25, 0.3) is 5.70 Å². The molecule has 184 valence electrons. The summed E-state index contributed by atoms with van der Waals surface area (Å²) >= 11 is 6.69. The number of hydrogen-bond donors (Lipinski definition) is 1. The number of benzene rings is 3. The standard InChI is InChI=1S/C31H25ClN2O3/c1-16-14-25-20(15-22(16)32)27-26-28(17-8-2-3-9-18(17)29(26)35)33-23-12-6-7-13-24(23)34-30(36)19-10-4-5-11-21(19)31(27,34)37-25/h2-5,8-11,14-15,23-24,27,33H,6-7,12-13H2,1H3/t23-,24-,27+,31+/m1/s1. The topological polar surface area (TPSA) is 58.6 Å². The van der Waals surface area contributed by atoms with Gasteiger partial charge in [-0.25, -0.2) is 0 Å². The molecule has 0 aromatic heterocycles. The second-order valence-corrected chi connectivity index (χ2v) is 11.3. The first kappa shape index (κ1) is 21.5. The van der Waals surface area contributed by atoms with Crippen molar-refractivity contribution in [2.24, 2.45) is 0 Å². The molecule has 1 N–H and O–H groups in total. The van der Waals surface area contributed by atoms with Gasteiger partial charge in [0.05, 0.1) is 17.7 Å². The number of nitrogens with zero attached hydrogens (tertiary/aromatic N) is 1. The molecule has 1 fully saturated rings. The van der Waals surface area contributed by atoms with Crippen molar-refractivity contribution in [1.29, 1.82) is 0 Å². The molecule has 1 saturated carbocycles. The van der Waals surface area contributed by atoms with Gasteiger partial charge in [-0.3, -0.25) is 14.5 Å². The summed E-state index contributed by atoms with van der Waals surface area (Å²) in [5.74, 6) is 0.133. The molecule has 3 aromatic rings. The van der Waals surface area contributed by atoms with Crippen molar-refractivity contribution in [3.05, 3.63) is 105 Å². The zero-order chi connectivity index (χ0) is 25.1. The highest BCUT2D eigenvalue weighted by molar-refractivity contribution is 6.31. The molecule has 8 rings (SSSR count). The summed E-state index contributed by atoms with van der Waals surface area (Å²) in [6, 6.07) is 19.4. The molecule has 0 unspecified atom stereocenters. The lowest BCUT2D eigenvalue weighted by atomic mass is 9.76. The van der Waals surface area contributed by atoms with Crippen molar-refractivity contribution in [3.8, 4) is 5.75 Å². The van der Waals surface area contributed by atoms with Crippen LogP contribution in [0, 0.1) is 6.92 Å². The largest absolute Gasteiger partial charge is 0.462 e. The van der Waals surface area contributed by atoms with Crippen LogP contribution in [0.5, 0.6) is 5.75 Å². The molecular weight excluding hydrogens is 484 g/mol. The van der Waals surface area contributed by atoms with Gasteiger partial charge in [-0.05, 0) is 43.5 Å². The Morgan fingerprint density at radius 1 is 0.973 bits per heavy atom. The molecule has 3 aliphatic heterocycles. The van der Waals surface area contributed by atoms with Gasteiger partial charge >= 0.3 is 0 Å². The van der Waals surface area contributed by atoms with E-state index in [9.17, 15) is 9.59 Å². The van der Waals surface area contributed by atoms with E-state index < -0.39 is 11.6 Å². The van der Waals surface area contributed by atoms with E-state index in [1.807, 2.05) is 72.5 Å². The molecule has 5 nitrogen and oxygen atoms in total. The van der Waals surface area contributed by atoms with Crippen molar-refractivity contribution in [1.82, 2.24) is 10.2 Å². The van der Waals surface area contributed by atoms with Crippen molar-refractivity contribution < 1.29 is 14.3 Å². The minimum absolute atomic E-state index is 0.0124. The van der Waals surface area contributed by atoms with Crippen LogP contribution in [-0.2, 0) is 5.72 Å². The maximum Gasteiger partial charge on any atom is 0.258 e. The molecule has 3 heterocycles. The van der Waals surface area contributed by atoms with E-state index in [1.54, 1.807) is 0 Å². The second-order valence-electron chi connectivity index (χ2n) is 10.9. The van der Waals surface area contributed by atoms with Gasteiger partial charge in [-0.1, -0.05) is 66.9 Å². The number of halogens is 1. The highest BCUT2D eigenvalue weighted by Crippen LogP contribution is 2.63. The summed E-state index contributed by atoms with van der Waals surface area (Å²) in [6.45, 7) is 1.95. The van der Waals surface area contributed by atoms with Gasteiger partial charge in [0.15, 0.2) is 5.78 Å². The molecule has 0 saturated heterocycles. The van der Waals surface area contributed by atoms with Crippen molar-refractivity contribution in [2.75, 3.05) is 0 Å². The SMILES string of the molecule is Cc1cc2c(cc1Cl)[C@H]1C3=C(N[C@@H]4CCCC[C@H]4N4C(=O)c5ccccc5[C@]14O2)c1ccccc1C3=O. The maximum atomic E-state index is 14.3. The van der Waals surface area contributed by atoms with Gasteiger partial charge < -0.3 is 10.1 Å². The molecule has 1 amide bonds. The first-order valence-electron chi connectivity index (χ1n) is 13.1. The third-order valence-electron chi connectivity index (χ3n) is 9.01. The number of fused-ring (bicyclic) bond motifs is 8. The lowest BCUT2D eigenvalue weighted by Crippen LogP contribution is -2.62. The number of carbonyl (C=O) groups is 2. The third kappa shape index (κ3) is 2.55. The molecule has 4 atom stereocenters. The Bertz CT molecular complexity index is 1590. The average Bonchev–Trinajstić information content (AvgIpc) is 3.44. The van der Waals surface area contributed by atoms with Gasteiger partial charge in [-0.2, -0.15) is 0 Å². The number of carbonyl (C=O) groups excluding carboxylic acids is 2.